The Morgan fingerprint density at radius 1 is 1.07 bits per heavy atom. The quantitative estimate of drug-likeness (QED) is 0.275. The lowest BCUT2D eigenvalue weighted by Gasteiger charge is -2.36. The number of benzene rings is 1. The fraction of sp³-hybridized carbons (Fsp3) is 0.469. The van der Waals surface area contributed by atoms with Crippen LogP contribution < -0.4 is 9.64 Å². The molecule has 3 fully saturated rings. The van der Waals surface area contributed by atoms with Gasteiger partial charge in [0.2, 0.25) is 0 Å². The Morgan fingerprint density at radius 2 is 1.84 bits per heavy atom. The number of aromatic nitrogens is 4. The van der Waals surface area contributed by atoms with Crippen molar-refractivity contribution >= 4 is 45.2 Å². The van der Waals surface area contributed by atoms with Crippen molar-refractivity contribution in [1.82, 2.24) is 29.7 Å². The Morgan fingerprint density at radius 3 is 2.48 bits per heavy atom. The molecule has 12 heteroatoms. The van der Waals surface area contributed by atoms with Crippen LogP contribution in [0.5, 0.6) is 6.01 Å². The van der Waals surface area contributed by atoms with E-state index in [0.717, 1.165) is 11.8 Å². The molecule has 4 aromatic rings. The number of halogens is 2. The van der Waals surface area contributed by atoms with Gasteiger partial charge in [0.05, 0.1) is 24.6 Å². The topological polar surface area (TPSA) is 96.8 Å². The summed E-state index contributed by atoms with van der Waals surface area (Å²) in [6.07, 6.45) is 8.07. The summed E-state index contributed by atoms with van der Waals surface area (Å²) in [6, 6.07) is 5.44. The van der Waals surface area contributed by atoms with Crippen LogP contribution in [0.15, 0.2) is 36.8 Å². The lowest BCUT2D eigenvalue weighted by atomic mass is 10.0. The standard InChI is InChI=1S/C27H26ClFN6O3.C5H11N/c1-27(2,3)38-26(36)35-13-15-8-16(35)12-34(15)24-18-11-31-22(21(29)23(18)32-25(33-24)37-4)17-10-30-9-14-6-5-7-19(28)20(14)17;1-6-4-2-3-5-6/h5-7,9-11,15-16H,8,12-13H2,1-4H3;2-5H2,1H3. The van der Waals surface area contributed by atoms with Crippen molar-refractivity contribution in [2.24, 2.45) is 0 Å². The predicted molar refractivity (Wildman–Crippen MR) is 169 cm³/mol. The molecule has 1 amide bonds. The number of rotatable bonds is 3. The average molecular weight is 622 g/mol. The van der Waals surface area contributed by atoms with E-state index < -0.39 is 11.4 Å². The van der Waals surface area contributed by atoms with Crippen LogP contribution in [-0.4, -0.2) is 93.9 Å². The van der Waals surface area contributed by atoms with E-state index >= 15 is 4.39 Å². The van der Waals surface area contributed by atoms with E-state index in [-0.39, 0.29) is 35.4 Å². The van der Waals surface area contributed by atoms with Crippen molar-refractivity contribution in [3.05, 3.63) is 47.6 Å². The van der Waals surface area contributed by atoms with Crippen LogP contribution in [0.2, 0.25) is 5.02 Å². The number of nitrogens with zero attached hydrogens (tertiary/aromatic N) is 7. The van der Waals surface area contributed by atoms with Crippen LogP contribution in [-0.2, 0) is 4.74 Å². The van der Waals surface area contributed by atoms with Crippen molar-refractivity contribution in [1.29, 1.82) is 0 Å². The minimum atomic E-state index is -0.613. The number of ether oxygens (including phenoxy) is 2. The van der Waals surface area contributed by atoms with E-state index in [0.29, 0.717) is 40.3 Å². The number of pyridine rings is 2. The molecule has 2 unspecified atom stereocenters. The van der Waals surface area contributed by atoms with Gasteiger partial charge in [-0.3, -0.25) is 9.97 Å². The van der Waals surface area contributed by atoms with Gasteiger partial charge < -0.3 is 24.2 Å². The zero-order chi connectivity index (χ0) is 31.2. The molecule has 3 saturated heterocycles. The number of carbonyl (C=O) groups is 1. The van der Waals surface area contributed by atoms with Gasteiger partial charge in [0, 0.05) is 53.0 Å². The number of carbonyl (C=O) groups excluding carboxylic acids is 1. The normalized spacial score (nSPS) is 19.9. The first-order valence-electron chi connectivity index (χ1n) is 14.9. The fourth-order valence-corrected chi connectivity index (χ4v) is 6.52. The second-order valence-electron chi connectivity index (χ2n) is 12.6. The molecular weight excluding hydrogens is 585 g/mol. The highest BCUT2D eigenvalue weighted by atomic mass is 35.5. The smallest absolute Gasteiger partial charge is 0.410 e. The molecule has 10 nitrogen and oxygen atoms in total. The zero-order valence-electron chi connectivity index (χ0n) is 25.7. The fourth-order valence-electron chi connectivity index (χ4n) is 6.23. The highest BCUT2D eigenvalue weighted by Crippen LogP contribution is 2.40. The summed E-state index contributed by atoms with van der Waals surface area (Å²) in [5, 5.41) is 2.38. The molecule has 2 bridgehead atoms. The summed E-state index contributed by atoms with van der Waals surface area (Å²) in [7, 11) is 3.62. The maximum Gasteiger partial charge on any atom is 0.410 e. The molecule has 7 rings (SSSR count). The van der Waals surface area contributed by atoms with Gasteiger partial charge in [-0.05, 0) is 66.2 Å². The molecule has 0 aliphatic carbocycles. The first-order valence-corrected chi connectivity index (χ1v) is 15.3. The molecule has 3 aliphatic rings. The molecular formula is C32H37ClFN7O3. The predicted octanol–water partition coefficient (Wildman–Crippen LogP) is 5.95. The van der Waals surface area contributed by atoms with E-state index in [1.54, 1.807) is 29.6 Å². The highest BCUT2D eigenvalue weighted by Gasteiger charge is 2.47. The van der Waals surface area contributed by atoms with E-state index in [1.165, 1.54) is 33.0 Å². The minimum absolute atomic E-state index is 0.000800. The molecule has 0 radical (unpaired) electrons. The Bertz CT molecular complexity index is 1700. The van der Waals surface area contributed by atoms with Crippen molar-refractivity contribution in [3.63, 3.8) is 0 Å². The van der Waals surface area contributed by atoms with Crippen molar-refractivity contribution in [2.45, 2.75) is 57.7 Å². The number of hydrogen-bond acceptors (Lipinski definition) is 9. The second-order valence-corrected chi connectivity index (χ2v) is 13.0. The molecule has 3 aliphatic heterocycles. The average Bonchev–Trinajstić information content (AvgIpc) is 3.74. The maximum absolute atomic E-state index is 16.1. The lowest BCUT2D eigenvalue weighted by molar-refractivity contribution is 0.0214. The van der Waals surface area contributed by atoms with Gasteiger partial charge in [0.1, 0.15) is 22.6 Å². The van der Waals surface area contributed by atoms with E-state index in [4.69, 9.17) is 21.1 Å². The molecule has 0 N–H and O–H groups in total. The van der Waals surface area contributed by atoms with E-state index in [1.807, 2.05) is 32.9 Å². The summed E-state index contributed by atoms with van der Waals surface area (Å²) in [6.45, 7) is 9.21. The molecule has 0 spiro atoms. The second kappa shape index (κ2) is 11.9. The van der Waals surface area contributed by atoms with Crippen molar-refractivity contribution in [3.8, 4) is 17.3 Å². The zero-order valence-corrected chi connectivity index (χ0v) is 26.4. The third-order valence-corrected chi connectivity index (χ3v) is 8.60. The molecule has 44 heavy (non-hydrogen) atoms. The summed E-state index contributed by atoms with van der Waals surface area (Å²) in [5.74, 6) is -0.0892. The lowest BCUT2D eigenvalue weighted by Crippen LogP contribution is -2.50. The van der Waals surface area contributed by atoms with Gasteiger partial charge >= 0.3 is 12.1 Å². The third-order valence-electron chi connectivity index (χ3n) is 8.28. The van der Waals surface area contributed by atoms with Crippen molar-refractivity contribution < 1.29 is 18.7 Å². The van der Waals surface area contributed by atoms with Gasteiger partial charge in [-0.25, -0.2) is 9.18 Å². The number of fused-ring (bicyclic) bond motifs is 4. The Hall–Kier alpha value is -3.83. The van der Waals surface area contributed by atoms with Gasteiger partial charge in [0.25, 0.3) is 0 Å². The van der Waals surface area contributed by atoms with Gasteiger partial charge in [-0.1, -0.05) is 23.7 Å². The highest BCUT2D eigenvalue weighted by molar-refractivity contribution is 6.36. The Kier molecular flexibility index (Phi) is 8.19. The third kappa shape index (κ3) is 5.82. The SMILES string of the molecule is CN1CCCC1.COc1nc(N2CC3CC2CN3C(=O)OC(C)(C)C)c2cnc(-c3cncc4cccc(Cl)c34)c(F)c2n1. The molecule has 6 heterocycles. The molecule has 0 saturated carbocycles. The van der Waals surface area contributed by atoms with E-state index in [9.17, 15) is 4.79 Å². The van der Waals surface area contributed by atoms with Crippen LogP contribution in [0.1, 0.15) is 40.0 Å². The number of likely N-dealkylation sites (tertiary alicyclic amines) is 2. The van der Waals surface area contributed by atoms with Gasteiger partial charge in [-0.15, -0.1) is 0 Å². The number of anilines is 1. The summed E-state index contributed by atoms with van der Waals surface area (Å²) in [4.78, 5) is 36.6. The van der Waals surface area contributed by atoms with Crippen LogP contribution in [0, 0.1) is 5.82 Å². The van der Waals surface area contributed by atoms with Crippen LogP contribution >= 0.6 is 11.6 Å². The first-order chi connectivity index (χ1) is 21.0. The number of hydrogen-bond donors (Lipinski definition) is 0. The van der Waals surface area contributed by atoms with Gasteiger partial charge in [0.15, 0.2) is 5.82 Å². The number of amides is 1. The van der Waals surface area contributed by atoms with Gasteiger partial charge in [-0.2, -0.15) is 9.97 Å². The number of piperazine rings is 1. The molecule has 232 valence electrons. The molecule has 2 atom stereocenters. The summed E-state index contributed by atoms with van der Waals surface area (Å²) < 4.78 is 27.1. The summed E-state index contributed by atoms with van der Waals surface area (Å²) in [5.41, 5.74) is 0.0847. The molecule has 3 aromatic heterocycles. The summed E-state index contributed by atoms with van der Waals surface area (Å²) >= 11 is 6.48. The molecule has 1 aromatic carbocycles. The monoisotopic (exact) mass is 621 g/mol. The van der Waals surface area contributed by atoms with Crippen LogP contribution in [0.4, 0.5) is 15.0 Å². The first kappa shape index (κ1) is 30.2. The maximum atomic E-state index is 16.1. The minimum Gasteiger partial charge on any atom is -0.467 e. The Labute approximate surface area is 261 Å². The largest absolute Gasteiger partial charge is 0.467 e. The Balaban J connectivity index is 0.000000513. The van der Waals surface area contributed by atoms with Crippen molar-refractivity contribution in [2.75, 3.05) is 45.2 Å². The van der Waals surface area contributed by atoms with E-state index in [2.05, 4.69) is 36.8 Å². The van der Waals surface area contributed by atoms with Crippen LogP contribution in [0.25, 0.3) is 32.9 Å². The van der Waals surface area contributed by atoms with Crippen LogP contribution in [0.3, 0.4) is 0 Å². The number of methoxy groups -OCH3 is 1.